The average Bonchev–Trinajstić information content (AvgIpc) is 3.05. The van der Waals surface area contributed by atoms with Gasteiger partial charge in [-0.25, -0.2) is 0 Å². The molecule has 7 heteroatoms. The van der Waals surface area contributed by atoms with Crippen LogP contribution in [-0.4, -0.2) is 43.4 Å². The molecule has 1 saturated carbocycles. The monoisotopic (exact) mass is 566 g/mol. The Balaban J connectivity index is 1.31. The third-order valence-corrected chi connectivity index (χ3v) is 7.58. The Morgan fingerprint density at radius 1 is 0.571 bits per heavy atom. The van der Waals surface area contributed by atoms with Crippen LogP contribution in [0.5, 0.6) is 5.75 Å². The van der Waals surface area contributed by atoms with Gasteiger partial charge in [0.15, 0.2) is 12.1 Å². The van der Waals surface area contributed by atoms with E-state index in [9.17, 15) is 4.79 Å². The number of benzene rings is 4. The average molecular weight is 567 g/mol. The first kappa shape index (κ1) is 28.3. The van der Waals surface area contributed by atoms with Crippen LogP contribution in [0, 0.1) is 0 Å². The number of hydrogen-bond acceptors (Lipinski definition) is 7. The number of methoxy groups -OCH3 is 1. The maximum Gasteiger partial charge on any atom is 0.195 e. The van der Waals surface area contributed by atoms with Crippen molar-refractivity contribution in [3.05, 3.63) is 138 Å². The molecule has 2 aliphatic rings. The molecular weight excluding hydrogens is 532 g/mol. The third kappa shape index (κ3) is 6.46. The number of fused-ring (bicyclic) bond motifs is 2. The van der Waals surface area contributed by atoms with Crippen molar-refractivity contribution >= 4 is 5.78 Å². The van der Waals surface area contributed by atoms with E-state index in [2.05, 4.69) is 0 Å². The molecule has 7 nitrogen and oxygen atoms in total. The maximum absolute atomic E-state index is 14.0. The predicted octanol–water partition coefficient (Wildman–Crippen LogP) is 5.82. The summed E-state index contributed by atoms with van der Waals surface area (Å²) in [5, 5.41) is 0. The van der Waals surface area contributed by atoms with E-state index in [0.717, 1.165) is 28.0 Å². The summed E-state index contributed by atoms with van der Waals surface area (Å²) < 4.78 is 37.5. The van der Waals surface area contributed by atoms with E-state index < -0.39 is 36.8 Å². The van der Waals surface area contributed by atoms with Gasteiger partial charge in [-0.15, -0.1) is 0 Å². The number of ketones is 1. The van der Waals surface area contributed by atoms with Gasteiger partial charge in [0.25, 0.3) is 0 Å². The molecule has 216 valence electrons. The SMILES string of the molecule is COc1ccc(COC2[C@H]3OC(c4ccccc4)O[C@@H]2[C@@H](OCc2ccccc2)C(=O)[C@H]3OCc2ccccc2)cc1. The second-order valence-corrected chi connectivity index (χ2v) is 10.4. The van der Waals surface area contributed by atoms with Crippen LogP contribution in [0.3, 0.4) is 0 Å². The Kier molecular flexibility index (Phi) is 9.03. The van der Waals surface area contributed by atoms with Crippen LogP contribution in [0.15, 0.2) is 115 Å². The zero-order valence-corrected chi connectivity index (χ0v) is 23.4. The van der Waals surface area contributed by atoms with Crippen molar-refractivity contribution in [1.29, 1.82) is 0 Å². The summed E-state index contributed by atoms with van der Waals surface area (Å²) in [6.07, 6.45) is -4.58. The predicted molar refractivity (Wildman–Crippen MR) is 156 cm³/mol. The number of carbonyl (C=O) groups excluding carboxylic acids is 1. The van der Waals surface area contributed by atoms with Gasteiger partial charge in [-0.3, -0.25) is 4.79 Å². The molecule has 0 N–H and O–H groups in total. The number of ether oxygens (including phenoxy) is 6. The van der Waals surface area contributed by atoms with E-state index in [1.54, 1.807) is 7.11 Å². The normalized spacial score (nSPS) is 25.2. The lowest BCUT2D eigenvalue weighted by Crippen LogP contribution is -2.68. The quantitative estimate of drug-likeness (QED) is 0.227. The second-order valence-electron chi connectivity index (χ2n) is 10.4. The topological polar surface area (TPSA) is 72.5 Å². The first-order chi connectivity index (χ1) is 20.7. The Morgan fingerprint density at radius 2 is 1.02 bits per heavy atom. The zero-order valence-electron chi connectivity index (χ0n) is 23.4. The first-order valence-corrected chi connectivity index (χ1v) is 14.1. The molecule has 42 heavy (non-hydrogen) atoms. The summed E-state index contributed by atoms with van der Waals surface area (Å²) in [6, 6.07) is 36.9. The van der Waals surface area contributed by atoms with E-state index in [4.69, 9.17) is 28.4 Å². The first-order valence-electron chi connectivity index (χ1n) is 14.1. The van der Waals surface area contributed by atoms with Gasteiger partial charge in [0.1, 0.15) is 36.3 Å². The van der Waals surface area contributed by atoms with E-state index in [1.807, 2.05) is 115 Å². The molecule has 0 aromatic heterocycles. The van der Waals surface area contributed by atoms with Crippen LogP contribution >= 0.6 is 0 Å². The molecule has 4 aromatic carbocycles. The zero-order chi connectivity index (χ0) is 28.7. The fourth-order valence-corrected chi connectivity index (χ4v) is 5.38. The molecule has 2 bridgehead atoms. The second kappa shape index (κ2) is 13.4. The largest absolute Gasteiger partial charge is 0.497 e. The van der Waals surface area contributed by atoms with Crippen LogP contribution < -0.4 is 4.74 Å². The molecule has 2 unspecified atom stereocenters. The lowest BCUT2D eigenvalue weighted by atomic mass is 9.84. The molecule has 1 aliphatic heterocycles. The Morgan fingerprint density at radius 3 is 1.52 bits per heavy atom. The highest BCUT2D eigenvalue weighted by Crippen LogP contribution is 2.40. The number of Topliss-reactive ketones (excluding diaryl/α,β-unsaturated/α-hetero) is 1. The number of hydrogen-bond donors (Lipinski definition) is 0. The van der Waals surface area contributed by atoms with E-state index in [1.165, 1.54) is 0 Å². The molecular formula is C35H34O7. The molecule has 1 saturated heterocycles. The lowest BCUT2D eigenvalue weighted by molar-refractivity contribution is -0.341. The highest BCUT2D eigenvalue weighted by Gasteiger charge is 2.58. The van der Waals surface area contributed by atoms with Crippen molar-refractivity contribution < 1.29 is 33.2 Å². The highest BCUT2D eigenvalue weighted by molar-refractivity contribution is 5.90. The third-order valence-electron chi connectivity index (χ3n) is 7.58. The van der Waals surface area contributed by atoms with Gasteiger partial charge in [-0.2, -0.15) is 0 Å². The highest BCUT2D eigenvalue weighted by atomic mass is 16.7. The standard InChI is InChI=1S/C35H34O7/c1-37-28-19-17-26(18-20-28)23-40-32-33-30(38-21-24-11-5-2-6-12-24)29(36)31(39-22-25-13-7-3-8-14-25)34(32)42-35(41-33)27-15-9-4-10-16-27/h2-20,30-35H,21-23H2,1H3/t30-,31+,32?,33+,34-,35?. The molecule has 1 aliphatic carbocycles. The molecule has 2 fully saturated rings. The molecule has 6 rings (SSSR count). The summed E-state index contributed by atoms with van der Waals surface area (Å²) in [7, 11) is 1.63. The summed E-state index contributed by atoms with van der Waals surface area (Å²) >= 11 is 0. The minimum Gasteiger partial charge on any atom is -0.497 e. The van der Waals surface area contributed by atoms with E-state index >= 15 is 0 Å². The van der Waals surface area contributed by atoms with Crippen molar-refractivity contribution in [2.45, 2.75) is 56.6 Å². The molecule has 0 amide bonds. The van der Waals surface area contributed by atoms with Gasteiger partial charge in [0, 0.05) is 5.56 Å². The van der Waals surface area contributed by atoms with Crippen LogP contribution in [0.25, 0.3) is 0 Å². The molecule has 6 atom stereocenters. The number of rotatable bonds is 11. The Bertz CT molecular complexity index is 1350. The minimum atomic E-state index is -0.918. The van der Waals surface area contributed by atoms with Crippen molar-refractivity contribution in [1.82, 2.24) is 0 Å². The molecule has 4 aromatic rings. The van der Waals surface area contributed by atoms with Gasteiger partial charge in [0.05, 0.1) is 26.9 Å². The Labute approximate surface area is 245 Å². The maximum atomic E-state index is 14.0. The smallest absolute Gasteiger partial charge is 0.195 e. The summed E-state index contributed by atoms with van der Waals surface area (Å²) in [5.74, 6) is 0.549. The van der Waals surface area contributed by atoms with Crippen LogP contribution in [0.4, 0.5) is 0 Å². The molecule has 0 radical (unpaired) electrons. The van der Waals surface area contributed by atoms with Gasteiger partial charge >= 0.3 is 0 Å². The van der Waals surface area contributed by atoms with Gasteiger partial charge in [-0.1, -0.05) is 103 Å². The molecule has 1 heterocycles. The van der Waals surface area contributed by atoms with Gasteiger partial charge < -0.3 is 28.4 Å². The van der Waals surface area contributed by atoms with Gasteiger partial charge in [-0.05, 0) is 28.8 Å². The number of carbonyl (C=O) groups is 1. The van der Waals surface area contributed by atoms with Crippen molar-refractivity contribution in [2.75, 3.05) is 7.11 Å². The summed E-state index contributed by atoms with van der Waals surface area (Å²) in [5.41, 5.74) is 3.71. The van der Waals surface area contributed by atoms with Crippen LogP contribution in [0.1, 0.15) is 28.5 Å². The van der Waals surface area contributed by atoms with Crippen molar-refractivity contribution in [2.24, 2.45) is 0 Å². The van der Waals surface area contributed by atoms with Crippen molar-refractivity contribution in [3.8, 4) is 5.75 Å². The minimum absolute atomic E-state index is 0.215. The fourth-order valence-electron chi connectivity index (χ4n) is 5.38. The molecule has 0 spiro atoms. The van der Waals surface area contributed by atoms with Crippen molar-refractivity contribution in [3.63, 3.8) is 0 Å². The van der Waals surface area contributed by atoms with Crippen LogP contribution in [-0.2, 0) is 48.3 Å². The van der Waals surface area contributed by atoms with E-state index in [-0.39, 0.29) is 25.6 Å². The summed E-state index contributed by atoms with van der Waals surface area (Å²) in [4.78, 5) is 14.0. The lowest BCUT2D eigenvalue weighted by Gasteiger charge is -2.50. The summed E-state index contributed by atoms with van der Waals surface area (Å²) in [6.45, 7) is 0.778. The van der Waals surface area contributed by atoms with E-state index in [0.29, 0.717) is 0 Å². The fraction of sp³-hybridized carbons (Fsp3) is 0.286. The van der Waals surface area contributed by atoms with Crippen LogP contribution in [0.2, 0.25) is 0 Å². The Hall–Kier alpha value is -3.85. The van der Waals surface area contributed by atoms with Gasteiger partial charge in [0.2, 0.25) is 0 Å².